The summed E-state index contributed by atoms with van der Waals surface area (Å²) in [6, 6.07) is 12.7. The summed E-state index contributed by atoms with van der Waals surface area (Å²) in [6.07, 6.45) is 2.04. The molecule has 1 atom stereocenters. The highest BCUT2D eigenvalue weighted by Gasteiger charge is 2.12. The molecule has 21 heavy (non-hydrogen) atoms. The topological polar surface area (TPSA) is 55.2 Å². The van der Waals surface area contributed by atoms with Crippen LogP contribution in [-0.2, 0) is 0 Å². The lowest BCUT2D eigenvalue weighted by Gasteiger charge is -2.17. The third-order valence-corrected chi connectivity index (χ3v) is 4.21. The van der Waals surface area contributed by atoms with Crippen LogP contribution >= 0.6 is 23.4 Å². The highest BCUT2D eigenvalue weighted by Crippen LogP contribution is 2.30. The fourth-order valence-electron chi connectivity index (χ4n) is 1.94. The van der Waals surface area contributed by atoms with Crippen molar-refractivity contribution >= 4 is 34.7 Å². The maximum absolute atomic E-state index is 10.7. The molecule has 0 amide bonds. The zero-order valence-electron chi connectivity index (χ0n) is 11.7. The molecule has 2 rings (SSSR count). The lowest BCUT2D eigenvalue weighted by Crippen LogP contribution is -2.07. The minimum absolute atomic E-state index is 0.0115. The number of rotatable bonds is 5. The quantitative estimate of drug-likeness (QED) is 0.470. The summed E-state index contributed by atoms with van der Waals surface area (Å²) in [5.74, 6) is 0. The van der Waals surface area contributed by atoms with E-state index in [2.05, 4.69) is 29.6 Å². The Morgan fingerprint density at radius 2 is 1.90 bits per heavy atom. The van der Waals surface area contributed by atoms with E-state index in [-0.39, 0.29) is 11.7 Å². The van der Waals surface area contributed by atoms with Crippen LogP contribution in [0.2, 0.25) is 5.02 Å². The number of nitrogens with one attached hydrogen (secondary N) is 1. The molecule has 0 fully saturated rings. The van der Waals surface area contributed by atoms with Gasteiger partial charge in [0.25, 0.3) is 5.69 Å². The van der Waals surface area contributed by atoms with Gasteiger partial charge in [0.15, 0.2) is 0 Å². The maximum atomic E-state index is 10.7. The molecule has 0 aliphatic rings. The monoisotopic (exact) mass is 322 g/mol. The zero-order valence-corrected chi connectivity index (χ0v) is 13.2. The molecule has 0 aromatic heterocycles. The molecule has 0 spiro atoms. The standard InChI is InChI=1S/C15H15ClN2O2S/c1-10(11-3-6-13(21-2)7-4-11)17-15-8-5-12(18(19)20)9-14(15)16/h3-10,17H,1-2H3. The first-order valence-corrected chi connectivity index (χ1v) is 7.96. The highest BCUT2D eigenvalue weighted by molar-refractivity contribution is 7.98. The molecule has 0 aliphatic heterocycles. The van der Waals surface area contributed by atoms with Crippen molar-refractivity contribution in [3.8, 4) is 0 Å². The molecule has 6 heteroatoms. The van der Waals surface area contributed by atoms with E-state index < -0.39 is 4.92 Å². The molecule has 4 nitrogen and oxygen atoms in total. The lowest BCUT2D eigenvalue weighted by atomic mass is 10.1. The van der Waals surface area contributed by atoms with Crippen molar-refractivity contribution in [2.45, 2.75) is 17.9 Å². The van der Waals surface area contributed by atoms with E-state index in [0.717, 1.165) is 5.56 Å². The predicted molar refractivity (Wildman–Crippen MR) is 88.4 cm³/mol. The number of non-ortho nitro benzene ring substituents is 1. The molecule has 0 radical (unpaired) electrons. The zero-order chi connectivity index (χ0) is 15.4. The van der Waals surface area contributed by atoms with Gasteiger partial charge in [-0.25, -0.2) is 0 Å². The van der Waals surface area contributed by atoms with Crippen molar-refractivity contribution in [3.63, 3.8) is 0 Å². The maximum Gasteiger partial charge on any atom is 0.271 e. The summed E-state index contributed by atoms with van der Waals surface area (Å²) in [4.78, 5) is 11.4. The third kappa shape index (κ3) is 3.89. The van der Waals surface area contributed by atoms with Gasteiger partial charge in [0.1, 0.15) is 0 Å². The summed E-state index contributed by atoms with van der Waals surface area (Å²) in [5, 5.41) is 14.3. The average molecular weight is 323 g/mol. The first-order chi connectivity index (χ1) is 10.0. The van der Waals surface area contributed by atoms with Crippen molar-refractivity contribution in [2.24, 2.45) is 0 Å². The van der Waals surface area contributed by atoms with Crippen LogP contribution in [0, 0.1) is 10.1 Å². The number of hydrogen-bond acceptors (Lipinski definition) is 4. The van der Waals surface area contributed by atoms with Crippen molar-refractivity contribution in [2.75, 3.05) is 11.6 Å². The Balaban J connectivity index is 2.14. The van der Waals surface area contributed by atoms with Crippen LogP contribution in [0.25, 0.3) is 0 Å². The number of benzene rings is 2. The third-order valence-electron chi connectivity index (χ3n) is 3.15. The van der Waals surface area contributed by atoms with E-state index in [4.69, 9.17) is 11.6 Å². The number of halogens is 1. The molecule has 110 valence electrons. The second-order valence-electron chi connectivity index (χ2n) is 4.56. The Kier molecular flexibility index (Phi) is 5.09. The van der Waals surface area contributed by atoms with Crippen LogP contribution in [0.5, 0.6) is 0 Å². The molecule has 1 N–H and O–H groups in total. The largest absolute Gasteiger partial charge is 0.377 e. The van der Waals surface area contributed by atoms with Crippen LogP contribution in [-0.4, -0.2) is 11.2 Å². The van der Waals surface area contributed by atoms with Crippen LogP contribution in [0.1, 0.15) is 18.5 Å². The molecular formula is C15H15ClN2O2S. The van der Waals surface area contributed by atoms with Crippen LogP contribution in [0.3, 0.4) is 0 Å². The molecule has 2 aromatic rings. The molecule has 0 saturated heterocycles. The molecular weight excluding hydrogens is 308 g/mol. The summed E-state index contributed by atoms with van der Waals surface area (Å²) < 4.78 is 0. The molecule has 0 saturated carbocycles. The Morgan fingerprint density at radius 3 is 2.43 bits per heavy atom. The number of hydrogen-bond donors (Lipinski definition) is 1. The van der Waals surface area contributed by atoms with Gasteiger partial charge in [0.2, 0.25) is 0 Å². The van der Waals surface area contributed by atoms with Gasteiger partial charge < -0.3 is 5.32 Å². The van der Waals surface area contributed by atoms with Gasteiger partial charge in [0, 0.05) is 23.1 Å². The molecule has 2 aromatic carbocycles. The van der Waals surface area contributed by atoms with Gasteiger partial charge >= 0.3 is 0 Å². The van der Waals surface area contributed by atoms with Crippen molar-refractivity contribution < 1.29 is 4.92 Å². The second-order valence-corrected chi connectivity index (χ2v) is 5.85. The highest BCUT2D eigenvalue weighted by atomic mass is 35.5. The average Bonchev–Trinajstić information content (AvgIpc) is 2.49. The Bertz CT molecular complexity index is 647. The van der Waals surface area contributed by atoms with Gasteiger partial charge in [0.05, 0.1) is 15.6 Å². The van der Waals surface area contributed by atoms with Crippen LogP contribution < -0.4 is 5.32 Å². The lowest BCUT2D eigenvalue weighted by molar-refractivity contribution is -0.384. The minimum Gasteiger partial charge on any atom is -0.377 e. The Labute approximate surface area is 132 Å². The van der Waals surface area contributed by atoms with Gasteiger partial charge in [-0.2, -0.15) is 0 Å². The molecule has 0 aliphatic carbocycles. The molecule has 0 heterocycles. The normalized spacial score (nSPS) is 12.0. The fourth-order valence-corrected chi connectivity index (χ4v) is 2.58. The van der Waals surface area contributed by atoms with Crippen molar-refractivity contribution in [1.29, 1.82) is 0 Å². The second kappa shape index (κ2) is 6.83. The van der Waals surface area contributed by atoms with Crippen LogP contribution in [0.4, 0.5) is 11.4 Å². The van der Waals surface area contributed by atoms with E-state index >= 15 is 0 Å². The van der Waals surface area contributed by atoms with Crippen molar-refractivity contribution in [1.82, 2.24) is 0 Å². The summed E-state index contributed by atoms with van der Waals surface area (Å²) in [5.41, 5.74) is 1.80. The SMILES string of the molecule is CSc1ccc(C(C)Nc2ccc([N+](=O)[O-])cc2Cl)cc1. The smallest absolute Gasteiger partial charge is 0.271 e. The van der Waals surface area contributed by atoms with Gasteiger partial charge in [-0.15, -0.1) is 11.8 Å². The minimum atomic E-state index is -0.458. The van der Waals surface area contributed by atoms with Gasteiger partial charge in [-0.05, 0) is 36.9 Å². The van der Waals surface area contributed by atoms with Gasteiger partial charge in [-0.1, -0.05) is 23.7 Å². The first kappa shape index (κ1) is 15.7. The number of nitro benzene ring substituents is 1. The number of anilines is 1. The first-order valence-electron chi connectivity index (χ1n) is 6.35. The molecule has 1 unspecified atom stereocenters. The predicted octanol–water partition coefficient (Wildman–Crippen LogP) is 5.14. The van der Waals surface area contributed by atoms with Crippen LogP contribution in [0.15, 0.2) is 47.4 Å². The summed E-state index contributed by atoms with van der Waals surface area (Å²) in [6.45, 7) is 2.02. The summed E-state index contributed by atoms with van der Waals surface area (Å²) >= 11 is 7.78. The van der Waals surface area contributed by atoms with E-state index in [1.807, 2.05) is 13.2 Å². The molecule has 0 bridgehead atoms. The Morgan fingerprint density at radius 1 is 1.24 bits per heavy atom. The number of thioether (sulfide) groups is 1. The van der Waals surface area contributed by atoms with Gasteiger partial charge in [-0.3, -0.25) is 10.1 Å². The van der Waals surface area contributed by atoms with E-state index in [9.17, 15) is 10.1 Å². The summed E-state index contributed by atoms with van der Waals surface area (Å²) in [7, 11) is 0. The van der Waals surface area contributed by atoms with E-state index in [0.29, 0.717) is 10.7 Å². The van der Waals surface area contributed by atoms with E-state index in [1.165, 1.54) is 17.0 Å². The fraction of sp³-hybridized carbons (Fsp3) is 0.200. The van der Waals surface area contributed by atoms with E-state index in [1.54, 1.807) is 17.8 Å². The van der Waals surface area contributed by atoms with Crippen molar-refractivity contribution in [3.05, 3.63) is 63.2 Å². The Hall–Kier alpha value is -1.72. The number of nitrogens with zero attached hydrogens (tertiary/aromatic N) is 1. The number of nitro groups is 1.